The monoisotopic (exact) mass is 431 g/mol. The third-order valence-electron chi connectivity index (χ3n) is 3.28. The van der Waals surface area contributed by atoms with Crippen LogP contribution in [0.15, 0.2) is 39.4 Å². The van der Waals surface area contributed by atoms with Gasteiger partial charge in [-0.15, -0.1) is 5.10 Å². The summed E-state index contributed by atoms with van der Waals surface area (Å²) in [6, 6.07) is 4.73. The summed E-state index contributed by atoms with van der Waals surface area (Å²) in [6.45, 7) is -1.67. The quantitative estimate of drug-likeness (QED) is 0.308. The van der Waals surface area contributed by atoms with Crippen LogP contribution in [0, 0.1) is 0 Å². The number of benzene rings is 1. The Labute approximate surface area is 167 Å². The van der Waals surface area contributed by atoms with E-state index in [2.05, 4.69) is 25.0 Å². The van der Waals surface area contributed by atoms with E-state index in [0.717, 1.165) is 17.8 Å². The molecule has 0 aromatic heterocycles. The molecule has 0 spiro atoms. The van der Waals surface area contributed by atoms with Crippen LogP contribution < -0.4 is 10.1 Å². The van der Waals surface area contributed by atoms with Crippen LogP contribution >= 0.6 is 11.8 Å². The van der Waals surface area contributed by atoms with Gasteiger partial charge in [0.05, 0.1) is 31.9 Å². The van der Waals surface area contributed by atoms with E-state index < -0.39 is 24.7 Å². The first-order valence-corrected chi connectivity index (χ1v) is 8.75. The predicted octanol–water partition coefficient (Wildman–Crippen LogP) is 2.38. The highest BCUT2D eigenvalue weighted by Crippen LogP contribution is 2.24. The van der Waals surface area contributed by atoms with Crippen LogP contribution in [0.25, 0.3) is 0 Å². The SMILES string of the molecule is COC(=O)/C=C1/S/C(=N\N=Cc2ccc(OC)c(COCC(F)(F)F)c2)NC1=O. The summed E-state index contributed by atoms with van der Waals surface area (Å²) in [4.78, 5) is 23.0. The Kier molecular flexibility index (Phi) is 7.79. The molecular weight excluding hydrogens is 415 g/mol. The lowest BCUT2D eigenvalue weighted by Crippen LogP contribution is -2.19. The van der Waals surface area contributed by atoms with Crippen molar-refractivity contribution in [3.8, 4) is 5.75 Å². The number of hydrogen-bond acceptors (Lipinski definition) is 8. The maximum absolute atomic E-state index is 12.2. The number of amides is 1. The van der Waals surface area contributed by atoms with Crippen LogP contribution in [0.3, 0.4) is 0 Å². The molecule has 0 aliphatic carbocycles. The van der Waals surface area contributed by atoms with Gasteiger partial charge in [-0.1, -0.05) is 0 Å². The van der Waals surface area contributed by atoms with Gasteiger partial charge < -0.3 is 14.2 Å². The van der Waals surface area contributed by atoms with E-state index in [-0.39, 0.29) is 16.7 Å². The van der Waals surface area contributed by atoms with Crippen LogP contribution in [0.2, 0.25) is 0 Å². The van der Waals surface area contributed by atoms with E-state index in [0.29, 0.717) is 16.9 Å². The molecule has 1 N–H and O–H groups in total. The Balaban J connectivity index is 2.06. The zero-order valence-electron chi connectivity index (χ0n) is 15.3. The molecule has 8 nitrogen and oxygen atoms in total. The molecule has 1 heterocycles. The zero-order valence-corrected chi connectivity index (χ0v) is 16.1. The average molecular weight is 431 g/mol. The van der Waals surface area contributed by atoms with Gasteiger partial charge in [0, 0.05) is 11.6 Å². The molecule has 1 aromatic carbocycles. The van der Waals surface area contributed by atoms with Gasteiger partial charge in [-0.3, -0.25) is 10.1 Å². The lowest BCUT2D eigenvalue weighted by Gasteiger charge is -2.11. The number of methoxy groups -OCH3 is 2. The van der Waals surface area contributed by atoms with Crippen LogP contribution in [0.1, 0.15) is 11.1 Å². The Morgan fingerprint density at radius 3 is 2.72 bits per heavy atom. The molecule has 2 rings (SSSR count). The molecular formula is C17H16F3N3O5S. The molecule has 1 aliphatic heterocycles. The summed E-state index contributed by atoms with van der Waals surface area (Å²) >= 11 is 0.910. The predicted molar refractivity (Wildman–Crippen MR) is 99.6 cm³/mol. The van der Waals surface area contributed by atoms with E-state index in [4.69, 9.17) is 4.74 Å². The smallest absolute Gasteiger partial charge is 0.411 e. The highest BCUT2D eigenvalue weighted by atomic mass is 32.2. The number of rotatable bonds is 7. The number of alkyl halides is 3. The number of hydrogen-bond donors (Lipinski definition) is 1. The Morgan fingerprint density at radius 2 is 2.07 bits per heavy atom. The van der Waals surface area contributed by atoms with E-state index in [1.54, 1.807) is 18.2 Å². The standard InChI is InChI=1S/C17H16F3N3O5S/c1-26-12-4-3-10(5-11(12)8-28-9-17(18,19)20)7-21-23-16-22-15(25)13(29-16)6-14(24)27-2/h3-7H,8-9H2,1-2H3,(H,22,23,25)/b13-6+,21-7?. The van der Waals surface area contributed by atoms with E-state index in [1.165, 1.54) is 20.4 Å². The minimum absolute atomic E-state index is 0.111. The molecule has 0 atom stereocenters. The highest BCUT2D eigenvalue weighted by Gasteiger charge is 2.27. The maximum atomic E-state index is 12.2. The number of esters is 1. The summed E-state index contributed by atoms with van der Waals surface area (Å²) in [6.07, 6.45) is -2.05. The third-order valence-corrected chi connectivity index (χ3v) is 4.18. The number of ether oxygens (including phenoxy) is 3. The fourth-order valence-electron chi connectivity index (χ4n) is 2.06. The molecule has 0 radical (unpaired) electrons. The summed E-state index contributed by atoms with van der Waals surface area (Å²) in [5.41, 5.74) is 0.931. The number of nitrogens with one attached hydrogen (secondary N) is 1. The number of nitrogens with zero attached hydrogens (tertiary/aromatic N) is 2. The summed E-state index contributed by atoms with van der Waals surface area (Å²) in [5.74, 6) is -0.819. The molecule has 1 amide bonds. The van der Waals surface area contributed by atoms with Crippen LogP contribution in [-0.4, -0.2) is 50.3 Å². The number of carbonyl (C=O) groups excluding carboxylic acids is 2. The lowest BCUT2D eigenvalue weighted by atomic mass is 10.1. The number of carbonyl (C=O) groups is 2. The second-order valence-corrected chi connectivity index (χ2v) is 6.45. The molecule has 0 unspecified atom stereocenters. The molecule has 0 bridgehead atoms. The molecule has 0 saturated carbocycles. The van der Waals surface area contributed by atoms with Crippen molar-refractivity contribution in [1.29, 1.82) is 0 Å². The average Bonchev–Trinajstić information content (AvgIpc) is 3.00. The normalized spacial score (nSPS) is 17.2. The van der Waals surface area contributed by atoms with Crippen molar-refractivity contribution in [3.63, 3.8) is 0 Å². The van der Waals surface area contributed by atoms with Crippen molar-refractivity contribution in [1.82, 2.24) is 5.32 Å². The second-order valence-electron chi connectivity index (χ2n) is 5.42. The van der Waals surface area contributed by atoms with Crippen molar-refractivity contribution in [2.45, 2.75) is 12.8 Å². The molecule has 12 heteroatoms. The number of amidine groups is 1. The summed E-state index contributed by atoms with van der Waals surface area (Å²) < 4.78 is 50.9. The van der Waals surface area contributed by atoms with Gasteiger partial charge >= 0.3 is 12.1 Å². The Hall–Kier alpha value is -2.86. The van der Waals surface area contributed by atoms with E-state index >= 15 is 0 Å². The van der Waals surface area contributed by atoms with Crippen molar-refractivity contribution in [2.75, 3.05) is 20.8 Å². The summed E-state index contributed by atoms with van der Waals surface area (Å²) in [5, 5.41) is 10.2. The third kappa shape index (κ3) is 7.23. The first-order valence-electron chi connectivity index (χ1n) is 7.93. The Bertz CT molecular complexity index is 868. The highest BCUT2D eigenvalue weighted by molar-refractivity contribution is 8.18. The Morgan fingerprint density at radius 1 is 1.31 bits per heavy atom. The second kappa shape index (κ2) is 10.1. The zero-order chi connectivity index (χ0) is 21.4. The van der Waals surface area contributed by atoms with E-state index in [9.17, 15) is 22.8 Å². The van der Waals surface area contributed by atoms with Crippen LogP contribution in [0.5, 0.6) is 5.75 Å². The topological polar surface area (TPSA) is 98.6 Å². The van der Waals surface area contributed by atoms with Gasteiger partial charge in [-0.05, 0) is 35.5 Å². The molecule has 29 heavy (non-hydrogen) atoms. The number of thioether (sulfide) groups is 1. The summed E-state index contributed by atoms with van der Waals surface area (Å²) in [7, 11) is 2.58. The first-order chi connectivity index (χ1) is 13.7. The molecule has 1 saturated heterocycles. The minimum atomic E-state index is -4.42. The van der Waals surface area contributed by atoms with Crippen molar-refractivity contribution < 1.29 is 37.0 Å². The fourth-order valence-corrected chi connectivity index (χ4v) is 2.80. The fraction of sp³-hybridized carbons (Fsp3) is 0.294. The molecule has 1 aromatic rings. The van der Waals surface area contributed by atoms with Gasteiger partial charge in [-0.2, -0.15) is 18.3 Å². The first kappa shape index (κ1) is 22.4. The molecule has 1 fully saturated rings. The van der Waals surface area contributed by atoms with Crippen molar-refractivity contribution in [3.05, 3.63) is 40.3 Å². The molecule has 1 aliphatic rings. The van der Waals surface area contributed by atoms with Crippen molar-refractivity contribution in [2.24, 2.45) is 10.2 Å². The van der Waals surface area contributed by atoms with E-state index in [1.807, 2.05) is 0 Å². The lowest BCUT2D eigenvalue weighted by molar-refractivity contribution is -0.176. The van der Waals surface area contributed by atoms with Crippen LogP contribution in [0.4, 0.5) is 13.2 Å². The van der Waals surface area contributed by atoms with Gasteiger partial charge in [0.1, 0.15) is 12.4 Å². The minimum Gasteiger partial charge on any atom is -0.496 e. The molecule has 156 valence electrons. The number of halogens is 3. The van der Waals surface area contributed by atoms with Gasteiger partial charge in [-0.25, -0.2) is 4.79 Å². The van der Waals surface area contributed by atoms with Crippen LogP contribution in [-0.2, 0) is 25.7 Å². The van der Waals surface area contributed by atoms with Gasteiger partial charge in [0.15, 0.2) is 5.17 Å². The largest absolute Gasteiger partial charge is 0.496 e. The van der Waals surface area contributed by atoms with Gasteiger partial charge in [0.25, 0.3) is 5.91 Å². The maximum Gasteiger partial charge on any atom is 0.411 e. The van der Waals surface area contributed by atoms with Crippen molar-refractivity contribution >= 4 is 35.0 Å². The van der Waals surface area contributed by atoms with Gasteiger partial charge in [0.2, 0.25) is 0 Å².